The van der Waals surface area contributed by atoms with Gasteiger partial charge in [-0.15, -0.1) is 0 Å². The maximum atomic E-state index is 12.3. The molecule has 0 unspecified atom stereocenters. The van der Waals surface area contributed by atoms with Crippen LogP contribution in [0, 0.1) is 20.8 Å². The highest BCUT2D eigenvalue weighted by Crippen LogP contribution is 2.22. The van der Waals surface area contributed by atoms with Crippen LogP contribution in [-0.2, 0) is 4.79 Å². The molecule has 0 heterocycles. The van der Waals surface area contributed by atoms with E-state index >= 15 is 0 Å². The van der Waals surface area contributed by atoms with Gasteiger partial charge in [0, 0.05) is 5.02 Å². The fraction of sp³-hybridized carbons (Fsp3) is 0.381. The highest BCUT2D eigenvalue weighted by atomic mass is 35.5. The van der Waals surface area contributed by atoms with Crippen molar-refractivity contribution in [1.82, 2.24) is 5.32 Å². The predicted octanol–water partition coefficient (Wildman–Crippen LogP) is 4.62. The van der Waals surface area contributed by atoms with Gasteiger partial charge < -0.3 is 14.8 Å². The fourth-order valence-electron chi connectivity index (χ4n) is 2.65. The molecule has 2 aromatic rings. The Morgan fingerprint density at radius 1 is 1.08 bits per heavy atom. The molecule has 1 atom stereocenters. The molecular formula is C21H26ClNO3. The van der Waals surface area contributed by atoms with Crippen LogP contribution in [0.4, 0.5) is 0 Å². The maximum absolute atomic E-state index is 12.3. The first kappa shape index (κ1) is 20.1. The quantitative estimate of drug-likeness (QED) is 0.685. The van der Waals surface area contributed by atoms with Crippen LogP contribution < -0.4 is 14.8 Å². The van der Waals surface area contributed by atoms with E-state index in [4.69, 9.17) is 21.1 Å². The van der Waals surface area contributed by atoms with E-state index in [9.17, 15) is 4.79 Å². The van der Waals surface area contributed by atoms with Crippen LogP contribution in [0.3, 0.4) is 0 Å². The molecule has 4 nitrogen and oxygen atoms in total. The zero-order chi connectivity index (χ0) is 19.1. The third-order valence-electron chi connectivity index (χ3n) is 3.94. The maximum Gasteiger partial charge on any atom is 0.261 e. The molecule has 2 aromatic carbocycles. The lowest BCUT2D eigenvalue weighted by Crippen LogP contribution is -2.39. The highest BCUT2D eigenvalue weighted by molar-refractivity contribution is 6.31. The standard InChI is InChI=1S/C21H26ClNO3/c1-5-20(26-17-6-7-19(22)16(4)13-17)21(24)23-8-9-25-18-11-14(2)10-15(3)12-18/h6-7,10-13,20H,5,8-9H2,1-4H3,(H,23,24)/t20-/m1/s1. The van der Waals surface area contributed by atoms with Crippen LogP contribution in [0.15, 0.2) is 36.4 Å². The van der Waals surface area contributed by atoms with Crippen molar-refractivity contribution in [3.05, 3.63) is 58.1 Å². The van der Waals surface area contributed by atoms with Gasteiger partial charge in [0.1, 0.15) is 18.1 Å². The molecule has 2 rings (SSSR count). The van der Waals surface area contributed by atoms with E-state index in [0.717, 1.165) is 22.4 Å². The first-order chi connectivity index (χ1) is 12.4. The van der Waals surface area contributed by atoms with E-state index in [2.05, 4.69) is 11.4 Å². The topological polar surface area (TPSA) is 47.6 Å². The van der Waals surface area contributed by atoms with E-state index in [1.807, 2.05) is 45.9 Å². The number of carbonyl (C=O) groups is 1. The minimum atomic E-state index is -0.545. The summed E-state index contributed by atoms with van der Waals surface area (Å²) in [4.78, 5) is 12.3. The van der Waals surface area contributed by atoms with Crippen molar-refractivity contribution in [2.45, 2.75) is 40.2 Å². The van der Waals surface area contributed by atoms with E-state index < -0.39 is 6.10 Å². The zero-order valence-corrected chi connectivity index (χ0v) is 16.5. The van der Waals surface area contributed by atoms with Crippen LogP contribution in [0.25, 0.3) is 0 Å². The Morgan fingerprint density at radius 3 is 2.38 bits per heavy atom. The highest BCUT2D eigenvalue weighted by Gasteiger charge is 2.18. The zero-order valence-electron chi connectivity index (χ0n) is 15.8. The molecular weight excluding hydrogens is 350 g/mol. The average Bonchev–Trinajstić information content (AvgIpc) is 2.58. The first-order valence-corrected chi connectivity index (χ1v) is 9.18. The van der Waals surface area contributed by atoms with Crippen LogP contribution in [-0.4, -0.2) is 25.2 Å². The molecule has 0 aliphatic heterocycles. The second-order valence-corrected chi connectivity index (χ2v) is 6.80. The van der Waals surface area contributed by atoms with Crippen molar-refractivity contribution in [1.29, 1.82) is 0 Å². The summed E-state index contributed by atoms with van der Waals surface area (Å²) in [6, 6.07) is 11.4. The number of hydrogen-bond donors (Lipinski definition) is 1. The van der Waals surface area contributed by atoms with Gasteiger partial charge >= 0.3 is 0 Å². The smallest absolute Gasteiger partial charge is 0.261 e. The molecule has 0 fully saturated rings. The minimum Gasteiger partial charge on any atom is -0.492 e. The number of benzene rings is 2. The summed E-state index contributed by atoms with van der Waals surface area (Å²) in [5, 5.41) is 3.54. The summed E-state index contributed by atoms with van der Waals surface area (Å²) in [5.74, 6) is 1.31. The SMILES string of the molecule is CC[C@@H](Oc1ccc(Cl)c(C)c1)C(=O)NCCOc1cc(C)cc(C)c1. The van der Waals surface area contributed by atoms with Gasteiger partial charge in [0.05, 0.1) is 6.54 Å². The number of rotatable bonds is 8. The van der Waals surface area contributed by atoms with Crippen molar-refractivity contribution in [3.63, 3.8) is 0 Å². The number of halogens is 1. The minimum absolute atomic E-state index is 0.149. The summed E-state index contributed by atoms with van der Waals surface area (Å²) in [7, 11) is 0. The molecule has 0 aliphatic carbocycles. The molecule has 0 bridgehead atoms. The van der Waals surface area contributed by atoms with Crippen molar-refractivity contribution in [2.24, 2.45) is 0 Å². The molecule has 0 saturated carbocycles. The van der Waals surface area contributed by atoms with Crippen molar-refractivity contribution in [2.75, 3.05) is 13.2 Å². The Morgan fingerprint density at radius 2 is 1.77 bits per heavy atom. The Kier molecular flexibility index (Phi) is 7.34. The fourth-order valence-corrected chi connectivity index (χ4v) is 2.77. The molecule has 0 aromatic heterocycles. The van der Waals surface area contributed by atoms with E-state index in [0.29, 0.717) is 30.3 Å². The second-order valence-electron chi connectivity index (χ2n) is 6.39. The van der Waals surface area contributed by atoms with E-state index in [1.54, 1.807) is 12.1 Å². The molecule has 0 spiro atoms. The van der Waals surface area contributed by atoms with Crippen LogP contribution in [0.5, 0.6) is 11.5 Å². The van der Waals surface area contributed by atoms with Crippen molar-refractivity contribution >= 4 is 17.5 Å². The molecule has 0 saturated heterocycles. The molecule has 1 N–H and O–H groups in total. The van der Waals surface area contributed by atoms with Crippen molar-refractivity contribution < 1.29 is 14.3 Å². The van der Waals surface area contributed by atoms with Crippen LogP contribution >= 0.6 is 11.6 Å². The van der Waals surface area contributed by atoms with Gasteiger partial charge in [0.15, 0.2) is 6.10 Å². The number of aryl methyl sites for hydroxylation is 3. The van der Waals surface area contributed by atoms with Crippen molar-refractivity contribution in [3.8, 4) is 11.5 Å². The Labute approximate surface area is 160 Å². The molecule has 5 heteroatoms. The van der Waals surface area contributed by atoms with Gasteiger partial charge in [-0.25, -0.2) is 0 Å². The molecule has 0 aliphatic rings. The molecule has 1 amide bonds. The summed E-state index contributed by atoms with van der Waals surface area (Å²) in [6.07, 6.45) is 0.0302. The van der Waals surface area contributed by atoms with Gasteiger partial charge in [-0.1, -0.05) is 24.6 Å². The summed E-state index contributed by atoms with van der Waals surface area (Å²) >= 11 is 6.02. The van der Waals surface area contributed by atoms with Gasteiger partial charge in [0.2, 0.25) is 0 Å². The Bertz CT molecular complexity index is 741. The van der Waals surface area contributed by atoms with Gasteiger partial charge in [0.25, 0.3) is 5.91 Å². The number of nitrogens with one attached hydrogen (secondary N) is 1. The number of amides is 1. The molecule has 0 radical (unpaired) electrons. The summed E-state index contributed by atoms with van der Waals surface area (Å²) in [5.41, 5.74) is 3.23. The monoisotopic (exact) mass is 375 g/mol. The third-order valence-corrected chi connectivity index (χ3v) is 4.36. The van der Waals surface area contributed by atoms with E-state index in [1.165, 1.54) is 0 Å². The predicted molar refractivity (Wildman–Crippen MR) is 105 cm³/mol. The lowest BCUT2D eigenvalue weighted by Gasteiger charge is -2.18. The lowest BCUT2D eigenvalue weighted by molar-refractivity contribution is -0.128. The molecule has 140 valence electrons. The number of ether oxygens (including phenoxy) is 2. The Balaban J connectivity index is 1.82. The first-order valence-electron chi connectivity index (χ1n) is 8.80. The number of carbonyl (C=O) groups excluding carboxylic acids is 1. The largest absolute Gasteiger partial charge is 0.492 e. The lowest BCUT2D eigenvalue weighted by atomic mass is 10.1. The van der Waals surface area contributed by atoms with Crippen LogP contribution in [0.2, 0.25) is 5.02 Å². The molecule has 26 heavy (non-hydrogen) atoms. The second kappa shape index (κ2) is 9.48. The Hall–Kier alpha value is -2.20. The third kappa shape index (κ3) is 5.95. The number of hydrogen-bond acceptors (Lipinski definition) is 3. The van der Waals surface area contributed by atoms with Crippen LogP contribution in [0.1, 0.15) is 30.0 Å². The van der Waals surface area contributed by atoms with E-state index in [-0.39, 0.29) is 5.91 Å². The summed E-state index contributed by atoms with van der Waals surface area (Å²) < 4.78 is 11.5. The van der Waals surface area contributed by atoms with Gasteiger partial charge in [-0.2, -0.15) is 0 Å². The summed E-state index contributed by atoms with van der Waals surface area (Å²) in [6.45, 7) is 8.71. The normalized spacial score (nSPS) is 11.7. The van der Waals surface area contributed by atoms with Gasteiger partial charge in [-0.3, -0.25) is 4.79 Å². The average molecular weight is 376 g/mol. The van der Waals surface area contributed by atoms with Gasteiger partial charge in [-0.05, 0) is 74.2 Å².